The van der Waals surface area contributed by atoms with Crippen molar-refractivity contribution in [3.63, 3.8) is 0 Å². The van der Waals surface area contributed by atoms with Crippen LogP contribution in [-0.2, 0) is 39.0 Å². The van der Waals surface area contributed by atoms with Crippen molar-refractivity contribution in [1.29, 1.82) is 0 Å². The van der Waals surface area contributed by atoms with E-state index < -0.39 is 23.5 Å². The summed E-state index contributed by atoms with van der Waals surface area (Å²) < 4.78 is 82.8. The van der Waals surface area contributed by atoms with Crippen LogP contribution in [0.2, 0.25) is 0 Å². The third-order valence-electron chi connectivity index (χ3n) is 6.26. The van der Waals surface area contributed by atoms with Gasteiger partial charge in [-0.25, -0.2) is 9.67 Å². The highest BCUT2D eigenvalue weighted by Crippen LogP contribution is 2.37. The number of aryl methyl sites for hydroxylation is 3. The molecule has 0 aliphatic heterocycles. The number of nitrogens with zero attached hydrogens (tertiary/aromatic N) is 9. The molecule has 15 heteroatoms. The summed E-state index contributed by atoms with van der Waals surface area (Å²) >= 11 is 0. The first-order chi connectivity index (χ1) is 18.2. The fraction of sp³-hybridized carbons (Fsp3) is 0.458. The predicted octanol–water partition coefficient (Wildman–Crippen LogP) is 4.98. The van der Waals surface area contributed by atoms with Crippen LogP contribution in [-0.4, -0.2) is 48.6 Å². The third-order valence-corrected chi connectivity index (χ3v) is 6.26. The first-order valence-electron chi connectivity index (χ1n) is 12.1. The standard InChI is InChI=1S/C24H27F6N9/c1-6-36(4)20-16(10-19-14(3)33-39(7-2)21(19)31-20)13-38(22-32-35-37(5)34-22)12-15-8-17(23(25,26)27)11-18(9-15)24(28,29)30/h8-11H,6-7,12-13H2,1-5H3. The Hall–Kier alpha value is -3.91. The van der Waals surface area contributed by atoms with E-state index >= 15 is 0 Å². The zero-order valence-electron chi connectivity index (χ0n) is 21.9. The van der Waals surface area contributed by atoms with Crippen LogP contribution < -0.4 is 9.80 Å². The maximum Gasteiger partial charge on any atom is 0.416 e. The Bertz CT molecular complexity index is 1440. The normalized spacial score (nSPS) is 12.4. The van der Waals surface area contributed by atoms with E-state index in [1.165, 1.54) is 11.9 Å². The predicted molar refractivity (Wildman–Crippen MR) is 132 cm³/mol. The van der Waals surface area contributed by atoms with Gasteiger partial charge in [-0.15, -0.1) is 5.10 Å². The van der Waals surface area contributed by atoms with Gasteiger partial charge in [0.15, 0.2) is 5.65 Å². The molecule has 3 heterocycles. The van der Waals surface area contributed by atoms with Gasteiger partial charge in [0.05, 0.1) is 23.9 Å². The van der Waals surface area contributed by atoms with Crippen LogP contribution in [0, 0.1) is 6.92 Å². The monoisotopic (exact) mass is 555 g/mol. The number of hydrogen-bond donors (Lipinski definition) is 0. The van der Waals surface area contributed by atoms with Crippen molar-refractivity contribution >= 4 is 22.8 Å². The molecule has 3 aromatic heterocycles. The molecule has 9 nitrogen and oxygen atoms in total. The molecule has 4 rings (SSSR count). The fourth-order valence-electron chi connectivity index (χ4n) is 4.23. The van der Waals surface area contributed by atoms with E-state index in [2.05, 4.69) is 20.5 Å². The third kappa shape index (κ3) is 5.91. The highest BCUT2D eigenvalue weighted by atomic mass is 19.4. The van der Waals surface area contributed by atoms with Crippen LogP contribution in [0.25, 0.3) is 11.0 Å². The van der Waals surface area contributed by atoms with Crippen molar-refractivity contribution in [2.75, 3.05) is 23.4 Å². The smallest absolute Gasteiger partial charge is 0.360 e. The van der Waals surface area contributed by atoms with E-state index in [1.54, 1.807) is 4.68 Å². The van der Waals surface area contributed by atoms with Crippen LogP contribution in [0.15, 0.2) is 24.3 Å². The summed E-state index contributed by atoms with van der Waals surface area (Å²) in [5, 5.41) is 17.2. The Morgan fingerprint density at radius 2 is 1.54 bits per heavy atom. The molecule has 0 saturated heterocycles. The van der Waals surface area contributed by atoms with E-state index in [0.717, 1.165) is 15.9 Å². The number of anilines is 2. The number of rotatable bonds is 8. The zero-order chi connectivity index (χ0) is 28.7. The Balaban J connectivity index is 1.84. The molecule has 0 saturated carbocycles. The molecule has 0 aliphatic rings. The largest absolute Gasteiger partial charge is 0.416 e. The van der Waals surface area contributed by atoms with Crippen molar-refractivity contribution in [2.24, 2.45) is 7.05 Å². The molecule has 210 valence electrons. The number of pyridine rings is 1. The van der Waals surface area contributed by atoms with Gasteiger partial charge in [-0.1, -0.05) is 5.10 Å². The summed E-state index contributed by atoms with van der Waals surface area (Å²) in [7, 11) is 3.34. The number of halogens is 6. The number of benzene rings is 1. The first kappa shape index (κ1) is 28.1. The van der Waals surface area contributed by atoms with Gasteiger partial charge >= 0.3 is 12.4 Å². The second-order valence-corrected chi connectivity index (χ2v) is 9.11. The molecular weight excluding hydrogens is 528 g/mol. The van der Waals surface area contributed by atoms with Gasteiger partial charge in [-0.3, -0.25) is 0 Å². The summed E-state index contributed by atoms with van der Waals surface area (Å²) in [5.74, 6) is 0.628. The molecular formula is C24H27F6N9. The minimum atomic E-state index is -4.96. The van der Waals surface area contributed by atoms with Crippen molar-refractivity contribution in [3.8, 4) is 0 Å². The number of alkyl halides is 6. The lowest BCUT2D eigenvalue weighted by Crippen LogP contribution is -2.27. The van der Waals surface area contributed by atoms with E-state index in [4.69, 9.17) is 4.98 Å². The summed E-state index contributed by atoms with van der Waals surface area (Å²) in [5.41, 5.74) is -0.915. The van der Waals surface area contributed by atoms with Gasteiger partial charge in [-0.2, -0.15) is 36.2 Å². The van der Waals surface area contributed by atoms with Crippen molar-refractivity contribution in [3.05, 3.63) is 52.2 Å². The minimum absolute atomic E-state index is 0.0304. The van der Waals surface area contributed by atoms with Crippen LogP contribution in [0.5, 0.6) is 0 Å². The summed E-state index contributed by atoms with van der Waals surface area (Å²) in [6.45, 7) is 6.58. The van der Waals surface area contributed by atoms with Gasteiger partial charge in [-0.05, 0) is 55.8 Å². The summed E-state index contributed by atoms with van der Waals surface area (Å²) in [6, 6.07) is 3.40. The zero-order valence-corrected chi connectivity index (χ0v) is 21.9. The molecule has 39 heavy (non-hydrogen) atoms. The van der Waals surface area contributed by atoms with Gasteiger partial charge in [0.2, 0.25) is 0 Å². The lowest BCUT2D eigenvalue weighted by molar-refractivity contribution is -0.143. The van der Waals surface area contributed by atoms with Crippen molar-refractivity contribution < 1.29 is 26.3 Å². The molecule has 1 aromatic carbocycles. The van der Waals surface area contributed by atoms with Crippen LogP contribution in [0.3, 0.4) is 0 Å². The van der Waals surface area contributed by atoms with Crippen LogP contribution in [0.4, 0.5) is 38.1 Å². The van der Waals surface area contributed by atoms with E-state index in [9.17, 15) is 26.3 Å². The maximum absolute atomic E-state index is 13.5. The molecule has 0 atom stereocenters. The van der Waals surface area contributed by atoms with Gasteiger partial charge < -0.3 is 9.80 Å². The number of hydrogen-bond acceptors (Lipinski definition) is 7. The van der Waals surface area contributed by atoms with E-state index in [-0.39, 0.29) is 30.7 Å². The lowest BCUT2D eigenvalue weighted by atomic mass is 10.0. The second-order valence-electron chi connectivity index (χ2n) is 9.11. The second kappa shape index (κ2) is 10.3. The number of fused-ring (bicyclic) bond motifs is 1. The van der Waals surface area contributed by atoms with Gasteiger partial charge in [0.1, 0.15) is 5.82 Å². The summed E-state index contributed by atoms with van der Waals surface area (Å²) in [4.78, 5) is 9.35. The minimum Gasteiger partial charge on any atom is -0.360 e. The molecule has 4 aromatic rings. The average Bonchev–Trinajstić information content (AvgIpc) is 3.44. The topological polar surface area (TPSA) is 80.8 Å². The van der Waals surface area contributed by atoms with E-state index in [0.29, 0.717) is 42.3 Å². The van der Waals surface area contributed by atoms with Crippen molar-refractivity contribution in [1.82, 2.24) is 35.0 Å². The fourth-order valence-corrected chi connectivity index (χ4v) is 4.23. The quantitative estimate of drug-likeness (QED) is 0.284. The Morgan fingerprint density at radius 3 is 2.05 bits per heavy atom. The van der Waals surface area contributed by atoms with Crippen LogP contribution in [0.1, 0.15) is 41.8 Å². The Kier molecular flexibility index (Phi) is 7.45. The maximum atomic E-state index is 13.5. The van der Waals surface area contributed by atoms with Gasteiger partial charge in [0, 0.05) is 44.2 Å². The van der Waals surface area contributed by atoms with Crippen LogP contribution >= 0.6 is 0 Å². The first-order valence-corrected chi connectivity index (χ1v) is 12.1. The van der Waals surface area contributed by atoms with Gasteiger partial charge in [0.25, 0.3) is 5.95 Å². The number of aromatic nitrogens is 7. The average molecular weight is 556 g/mol. The molecule has 0 N–H and O–H groups in total. The molecule has 0 unspecified atom stereocenters. The summed E-state index contributed by atoms with van der Waals surface area (Å²) in [6.07, 6.45) is -9.93. The highest BCUT2D eigenvalue weighted by molar-refractivity contribution is 5.81. The molecule has 0 radical (unpaired) electrons. The SMILES string of the molecule is CCN(C)c1nc2c(cc1CN(Cc1cc(C(F)(F)F)cc(C(F)(F)F)c1)c1nnn(C)n1)c(C)nn2CC. The molecule has 0 bridgehead atoms. The molecule has 0 amide bonds. The van der Waals surface area contributed by atoms with Crippen molar-refractivity contribution in [2.45, 2.75) is 52.8 Å². The Labute approximate surface area is 220 Å². The highest BCUT2D eigenvalue weighted by Gasteiger charge is 2.37. The lowest BCUT2D eigenvalue weighted by Gasteiger charge is -2.26. The molecule has 0 fully saturated rings. The van der Waals surface area contributed by atoms with E-state index in [1.807, 2.05) is 38.8 Å². The molecule has 0 aliphatic carbocycles. The Morgan fingerprint density at radius 1 is 0.897 bits per heavy atom. The molecule has 0 spiro atoms. The number of tetrazole rings is 1.